The molecule has 1 aliphatic carbocycles. The maximum Gasteiger partial charge on any atom is 0.0889 e. The zero-order valence-corrected chi connectivity index (χ0v) is 22.7. The van der Waals surface area contributed by atoms with Crippen molar-refractivity contribution in [2.24, 2.45) is 5.92 Å². The lowest BCUT2D eigenvalue weighted by atomic mass is 9.76. The third-order valence-corrected chi connectivity index (χ3v) is 8.52. The molecule has 0 aliphatic heterocycles. The molecule has 194 valence electrons. The minimum Gasteiger partial charge on any atom is -0.255 e. The molecule has 0 radical (unpaired) electrons. The Morgan fingerprint density at radius 1 is 0.561 bits per heavy atom. The predicted molar refractivity (Wildman–Crippen MR) is 171 cm³/mol. The van der Waals surface area contributed by atoms with E-state index < -0.39 is 0 Å². The first kappa shape index (κ1) is 23.7. The second-order valence-electron chi connectivity index (χ2n) is 10.8. The maximum absolute atomic E-state index is 5.37. The number of fused-ring (bicyclic) bond motifs is 6. The molecule has 0 saturated heterocycles. The molecule has 0 bridgehead atoms. The van der Waals surface area contributed by atoms with E-state index in [2.05, 4.69) is 115 Å². The van der Waals surface area contributed by atoms with Crippen molar-refractivity contribution in [3.63, 3.8) is 0 Å². The van der Waals surface area contributed by atoms with Crippen LogP contribution in [0.1, 0.15) is 24.1 Å². The van der Waals surface area contributed by atoms with Crippen molar-refractivity contribution in [1.82, 2.24) is 15.0 Å². The van der Waals surface area contributed by atoms with Crippen LogP contribution in [-0.4, -0.2) is 15.0 Å². The molecule has 0 saturated carbocycles. The minimum absolute atomic E-state index is 0.137. The summed E-state index contributed by atoms with van der Waals surface area (Å²) in [5, 5.41) is 7.15. The zero-order valence-electron chi connectivity index (χ0n) is 22.7. The number of pyridine rings is 3. The van der Waals surface area contributed by atoms with Crippen molar-refractivity contribution in [3.8, 4) is 11.4 Å². The minimum atomic E-state index is 0.137. The average molecular weight is 526 g/mol. The van der Waals surface area contributed by atoms with Gasteiger partial charge in [-0.25, -0.2) is 4.98 Å². The average Bonchev–Trinajstić information content (AvgIpc) is 3.04. The molecule has 41 heavy (non-hydrogen) atoms. The molecule has 3 aromatic heterocycles. The Hall–Kier alpha value is -5.15. The molecule has 2 unspecified atom stereocenters. The van der Waals surface area contributed by atoms with Gasteiger partial charge in [0.25, 0.3) is 0 Å². The van der Waals surface area contributed by atoms with Gasteiger partial charge in [-0.2, -0.15) is 0 Å². The Morgan fingerprint density at radius 3 is 1.90 bits per heavy atom. The van der Waals surface area contributed by atoms with E-state index in [9.17, 15) is 0 Å². The van der Waals surface area contributed by atoms with Gasteiger partial charge in [0.2, 0.25) is 0 Å². The van der Waals surface area contributed by atoms with Gasteiger partial charge in [-0.1, -0.05) is 110 Å². The van der Waals surface area contributed by atoms with Gasteiger partial charge < -0.3 is 0 Å². The summed E-state index contributed by atoms with van der Waals surface area (Å²) in [6.07, 6.45) is 8.60. The Kier molecular flexibility index (Phi) is 5.49. The highest BCUT2D eigenvalue weighted by atomic mass is 14.8. The Balaban J connectivity index is 1.36. The number of hydrogen-bond donors (Lipinski definition) is 0. The van der Waals surface area contributed by atoms with E-state index in [0.717, 1.165) is 28.1 Å². The van der Waals surface area contributed by atoms with Gasteiger partial charge in [-0.05, 0) is 52.1 Å². The van der Waals surface area contributed by atoms with Gasteiger partial charge in [-0.3, -0.25) is 9.97 Å². The largest absolute Gasteiger partial charge is 0.255 e. The fourth-order valence-electron chi connectivity index (χ4n) is 6.47. The van der Waals surface area contributed by atoms with Crippen LogP contribution in [0.4, 0.5) is 0 Å². The monoisotopic (exact) mass is 525 g/mol. The van der Waals surface area contributed by atoms with E-state index in [1.54, 1.807) is 0 Å². The van der Waals surface area contributed by atoms with Crippen molar-refractivity contribution in [2.45, 2.75) is 12.8 Å². The van der Waals surface area contributed by atoms with Crippen LogP contribution in [0.3, 0.4) is 0 Å². The van der Waals surface area contributed by atoms with Crippen molar-refractivity contribution >= 4 is 48.9 Å². The lowest BCUT2D eigenvalue weighted by Gasteiger charge is -2.28. The van der Waals surface area contributed by atoms with E-state index in [1.807, 2.05) is 30.5 Å². The van der Waals surface area contributed by atoms with Gasteiger partial charge in [0.1, 0.15) is 0 Å². The molecule has 0 spiro atoms. The van der Waals surface area contributed by atoms with Gasteiger partial charge in [-0.15, -0.1) is 0 Å². The van der Waals surface area contributed by atoms with Gasteiger partial charge >= 0.3 is 0 Å². The Bertz CT molecular complexity index is 2080. The van der Waals surface area contributed by atoms with Crippen LogP contribution in [-0.2, 0) is 0 Å². The summed E-state index contributed by atoms with van der Waals surface area (Å²) in [6.45, 7) is 2.33. The molecule has 3 heterocycles. The van der Waals surface area contributed by atoms with Gasteiger partial charge in [0.15, 0.2) is 0 Å². The maximum atomic E-state index is 5.37. The highest BCUT2D eigenvalue weighted by molar-refractivity contribution is 6.19. The Labute approximate surface area is 238 Å². The standard InChI is InChI=1S/C38H27N3/c1-24-27(33-17-9-18-35(40-33)34-16-6-7-23-39-34)14-8-15-28(24)36-31-21-19-25-10-2-4-12-29(25)37(31)41-38-30-13-5-3-11-26(30)20-22-32(36)38/h2-24,27H,1H3. The van der Waals surface area contributed by atoms with E-state index in [0.29, 0.717) is 0 Å². The van der Waals surface area contributed by atoms with Crippen LogP contribution < -0.4 is 0 Å². The lowest BCUT2D eigenvalue weighted by molar-refractivity contribution is 0.638. The highest BCUT2D eigenvalue weighted by Crippen LogP contribution is 2.45. The van der Waals surface area contributed by atoms with Crippen LogP contribution in [0.15, 0.2) is 134 Å². The second-order valence-corrected chi connectivity index (χ2v) is 10.8. The number of nitrogens with zero attached hydrogens (tertiary/aromatic N) is 3. The topological polar surface area (TPSA) is 38.7 Å². The lowest BCUT2D eigenvalue weighted by Crippen LogP contribution is -2.14. The summed E-state index contributed by atoms with van der Waals surface area (Å²) < 4.78 is 0. The molecule has 0 N–H and O–H groups in total. The summed E-state index contributed by atoms with van der Waals surface area (Å²) in [5.41, 5.74) is 7.53. The predicted octanol–water partition coefficient (Wildman–Crippen LogP) is 9.52. The first-order valence-electron chi connectivity index (χ1n) is 14.2. The molecule has 1 aliphatic rings. The van der Waals surface area contributed by atoms with Crippen molar-refractivity contribution in [2.75, 3.05) is 0 Å². The molecule has 7 aromatic rings. The SMILES string of the molecule is CC1C(c2c3ccc4ccccc4c3nc3c2ccc2ccccc23)=CC=CC1c1cccc(-c2ccccn2)n1. The summed E-state index contributed by atoms with van der Waals surface area (Å²) in [4.78, 5) is 15.0. The van der Waals surface area contributed by atoms with Crippen LogP contribution in [0.2, 0.25) is 0 Å². The van der Waals surface area contributed by atoms with Crippen molar-refractivity contribution in [3.05, 3.63) is 145 Å². The van der Waals surface area contributed by atoms with Crippen LogP contribution in [0.5, 0.6) is 0 Å². The second kappa shape index (κ2) is 9.50. The van der Waals surface area contributed by atoms with E-state index in [-0.39, 0.29) is 11.8 Å². The normalized spacial score (nSPS) is 17.0. The zero-order chi connectivity index (χ0) is 27.3. The number of rotatable bonds is 3. The molecule has 4 aromatic carbocycles. The van der Waals surface area contributed by atoms with E-state index in [1.165, 1.54) is 43.5 Å². The summed E-state index contributed by atoms with van der Waals surface area (Å²) in [7, 11) is 0. The Morgan fingerprint density at radius 2 is 1.22 bits per heavy atom. The van der Waals surface area contributed by atoms with Gasteiger partial charge in [0.05, 0.1) is 22.4 Å². The molecule has 0 amide bonds. The molecule has 3 heteroatoms. The molecule has 2 atom stereocenters. The number of benzene rings is 4. The molecular weight excluding hydrogens is 498 g/mol. The first-order valence-corrected chi connectivity index (χ1v) is 14.2. The summed E-state index contributed by atoms with van der Waals surface area (Å²) >= 11 is 0. The number of allylic oxidation sites excluding steroid dienone is 4. The van der Waals surface area contributed by atoms with Crippen LogP contribution >= 0.6 is 0 Å². The van der Waals surface area contributed by atoms with E-state index >= 15 is 0 Å². The quantitative estimate of drug-likeness (QED) is 0.170. The third kappa shape index (κ3) is 3.85. The fraction of sp³-hybridized carbons (Fsp3) is 0.0789. The van der Waals surface area contributed by atoms with Crippen molar-refractivity contribution in [1.29, 1.82) is 0 Å². The summed E-state index contributed by atoms with van der Waals surface area (Å²) in [6, 6.07) is 38.4. The van der Waals surface area contributed by atoms with Crippen LogP contribution in [0.25, 0.3) is 60.3 Å². The van der Waals surface area contributed by atoms with Gasteiger partial charge in [0, 0.05) is 39.4 Å². The smallest absolute Gasteiger partial charge is 0.0889 e. The van der Waals surface area contributed by atoms with Crippen molar-refractivity contribution < 1.29 is 0 Å². The number of hydrogen-bond acceptors (Lipinski definition) is 3. The van der Waals surface area contributed by atoms with E-state index in [4.69, 9.17) is 9.97 Å². The fourth-order valence-corrected chi connectivity index (χ4v) is 6.47. The first-order chi connectivity index (χ1) is 20.3. The molecular formula is C38H27N3. The number of aromatic nitrogens is 3. The summed E-state index contributed by atoms with van der Waals surface area (Å²) in [5.74, 6) is 0.344. The molecule has 3 nitrogen and oxygen atoms in total. The van der Waals surface area contributed by atoms with Crippen LogP contribution in [0, 0.1) is 5.92 Å². The highest BCUT2D eigenvalue weighted by Gasteiger charge is 2.28. The third-order valence-electron chi connectivity index (χ3n) is 8.52. The molecule has 0 fully saturated rings. The molecule has 8 rings (SSSR count).